The van der Waals surface area contributed by atoms with Crippen molar-refractivity contribution in [3.8, 4) is 6.07 Å². The predicted molar refractivity (Wildman–Crippen MR) is 71.2 cm³/mol. The zero-order valence-corrected chi connectivity index (χ0v) is 11.4. The third-order valence-electron chi connectivity index (χ3n) is 2.37. The number of hydrogen-bond donors (Lipinski definition) is 1. The van der Waals surface area contributed by atoms with E-state index in [0.29, 0.717) is 0 Å². The predicted octanol–water partition coefficient (Wildman–Crippen LogP) is 2.55. The van der Waals surface area contributed by atoms with E-state index in [1.807, 2.05) is 4.72 Å². The summed E-state index contributed by atoms with van der Waals surface area (Å²) in [5.41, 5.74) is -0.658. The van der Waals surface area contributed by atoms with Crippen molar-refractivity contribution in [1.82, 2.24) is 4.98 Å². The molecule has 0 aliphatic rings. The highest BCUT2D eigenvalue weighted by Gasteiger charge is 2.22. The zero-order chi connectivity index (χ0) is 14.8. The first kappa shape index (κ1) is 14.2. The maximum Gasteiger partial charge on any atom is 0.264 e. The molecule has 0 amide bonds. The molecule has 2 rings (SSSR count). The van der Waals surface area contributed by atoms with E-state index in [9.17, 15) is 12.8 Å². The van der Waals surface area contributed by atoms with Gasteiger partial charge in [0.1, 0.15) is 22.5 Å². The Labute approximate surface area is 119 Å². The summed E-state index contributed by atoms with van der Waals surface area (Å²) in [4.78, 5) is 3.30. The molecule has 8 heteroatoms. The second-order valence-corrected chi connectivity index (χ2v) is 5.72. The standard InChI is InChI=1S/C12H7ClFN3O2S/c13-8-3-1-4-9(14)12(8)17-20(18,19)11-5-2-6-16-10(11)7-15/h1-6,17H. The fourth-order valence-electron chi connectivity index (χ4n) is 1.48. The van der Waals surface area contributed by atoms with Gasteiger partial charge in [-0.25, -0.2) is 17.8 Å². The van der Waals surface area contributed by atoms with E-state index in [2.05, 4.69) is 4.98 Å². The molecular weight excluding hydrogens is 305 g/mol. The Kier molecular flexibility index (Phi) is 3.88. The van der Waals surface area contributed by atoms with E-state index in [1.165, 1.54) is 30.5 Å². The van der Waals surface area contributed by atoms with E-state index in [4.69, 9.17) is 16.9 Å². The van der Waals surface area contributed by atoms with Gasteiger partial charge in [-0.2, -0.15) is 5.26 Å². The number of nitriles is 1. The van der Waals surface area contributed by atoms with Crippen LogP contribution in [0.5, 0.6) is 0 Å². The van der Waals surface area contributed by atoms with Gasteiger partial charge in [-0.05, 0) is 24.3 Å². The minimum absolute atomic E-state index is 0.0871. The van der Waals surface area contributed by atoms with Crippen molar-refractivity contribution in [2.75, 3.05) is 4.72 Å². The fraction of sp³-hybridized carbons (Fsp3) is 0. The van der Waals surface area contributed by atoms with Gasteiger partial charge < -0.3 is 0 Å². The van der Waals surface area contributed by atoms with Crippen LogP contribution in [-0.2, 0) is 10.0 Å². The molecule has 1 aromatic heterocycles. The average Bonchev–Trinajstić information content (AvgIpc) is 2.43. The molecule has 0 aliphatic heterocycles. The lowest BCUT2D eigenvalue weighted by Crippen LogP contribution is -2.16. The van der Waals surface area contributed by atoms with Crippen molar-refractivity contribution < 1.29 is 12.8 Å². The number of aromatic nitrogens is 1. The Balaban J connectivity index is 2.50. The number of pyridine rings is 1. The van der Waals surface area contributed by atoms with Crippen LogP contribution in [0.2, 0.25) is 5.02 Å². The Hall–Kier alpha value is -2.17. The van der Waals surface area contributed by atoms with Crippen molar-refractivity contribution >= 4 is 27.3 Å². The molecule has 0 spiro atoms. The van der Waals surface area contributed by atoms with Gasteiger partial charge in [0.05, 0.1) is 5.02 Å². The summed E-state index contributed by atoms with van der Waals surface area (Å²) >= 11 is 5.75. The molecule has 0 radical (unpaired) electrons. The van der Waals surface area contributed by atoms with Gasteiger partial charge in [-0.1, -0.05) is 17.7 Å². The van der Waals surface area contributed by atoms with Gasteiger partial charge >= 0.3 is 0 Å². The smallest absolute Gasteiger partial charge is 0.264 e. The SMILES string of the molecule is N#Cc1ncccc1S(=O)(=O)Nc1c(F)cccc1Cl. The minimum Gasteiger partial charge on any atom is -0.275 e. The van der Waals surface area contributed by atoms with Crippen molar-refractivity contribution in [1.29, 1.82) is 5.26 Å². The summed E-state index contributed by atoms with van der Waals surface area (Å²) in [5.74, 6) is -0.816. The first-order valence-corrected chi connectivity index (χ1v) is 7.14. The highest BCUT2D eigenvalue weighted by Crippen LogP contribution is 2.27. The Bertz CT molecular complexity index is 782. The van der Waals surface area contributed by atoms with Crippen LogP contribution in [0.3, 0.4) is 0 Å². The fourth-order valence-corrected chi connectivity index (χ4v) is 2.94. The number of nitrogens with zero attached hydrogens (tertiary/aromatic N) is 2. The quantitative estimate of drug-likeness (QED) is 0.944. The molecular formula is C12H7ClFN3O2S. The number of para-hydroxylation sites is 1. The number of nitrogens with one attached hydrogen (secondary N) is 1. The third-order valence-corrected chi connectivity index (χ3v) is 4.06. The maximum atomic E-state index is 13.6. The highest BCUT2D eigenvalue weighted by molar-refractivity contribution is 7.92. The van der Waals surface area contributed by atoms with E-state index < -0.39 is 15.8 Å². The minimum atomic E-state index is -4.16. The lowest BCUT2D eigenvalue weighted by molar-refractivity contribution is 0.598. The first-order chi connectivity index (χ1) is 9.45. The number of benzene rings is 1. The molecule has 0 bridgehead atoms. The second-order valence-electron chi connectivity index (χ2n) is 3.66. The van der Waals surface area contributed by atoms with Crippen molar-refractivity contribution in [2.45, 2.75) is 4.90 Å². The molecule has 0 atom stereocenters. The van der Waals surface area contributed by atoms with Crippen LogP contribution in [0.15, 0.2) is 41.4 Å². The summed E-state index contributed by atoms with van der Waals surface area (Å²) in [6.07, 6.45) is 1.29. The van der Waals surface area contributed by atoms with Crippen LogP contribution in [0.1, 0.15) is 5.69 Å². The van der Waals surface area contributed by atoms with Gasteiger partial charge in [0.15, 0.2) is 5.69 Å². The number of anilines is 1. The Morgan fingerprint density at radius 1 is 1.30 bits per heavy atom. The number of rotatable bonds is 3. The lowest BCUT2D eigenvalue weighted by Gasteiger charge is -2.10. The van der Waals surface area contributed by atoms with E-state index in [0.717, 1.165) is 6.07 Å². The van der Waals surface area contributed by atoms with Gasteiger partial charge in [-0.3, -0.25) is 4.72 Å². The van der Waals surface area contributed by atoms with Crippen LogP contribution < -0.4 is 4.72 Å². The summed E-state index contributed by atoms with van der Waals surface area (Å²) in [6, 6.07) is 7.98. The van der Waals surface area contributed by atoms with Crippen molar-refractivity contribution in [2.24, 2.45) is 0 Å². The zero-order valence-electron chi connectivity index (χ0n) is 9.84. The molecule has 1 aromatic carbocycles. The molecule has 0 saturated carbocycles. The van der Waals surface area contributed by atoms with Gasteiger partial charge in [0.2, 0.25) is 0 Å². The summed E-state index contributed by atoms with van der Waals surface area (Å²) in [6.45, 7) is 0. The summed E-state index contributed by atoms with van der Waals surface area (Å²) in [5, 5.41) is 8.77. The van der Waals surface area contributed by atoms with Crippen LogP contribution in [-0.4, -0.2) is 13.4 Å². The number of hydrogen-bond acceptors (Lipinski definition) is 4. The van der Waals surface area contributed by atoms with Crippen molar-refractivity contribution in [3.05, 3.63) is 53.1 Å². The molecule has 1 heterocycles. The van der Waals surface area contributed by atoms with E-state index in [1.54, 1.807) is 6.07 Å². The number of sulfonamides is 1. The third kappa shape index (κ3) is 2.71. The van der Waals surface area contributed by atoms with Crippen LogP contribution >= 0.6 is 11.6 Å². The van der Waals surface area contributed by atoms with Gasteiger partial charge in [0.25, 0.3) is 10.0 Å². The molecule has 0 aliphatic carbocycles. The maximum absolute atomic E-state index is 13.6. The normalized spacial score (nSPS) is 10.8. The average molecular weight is 312 g/mol. The molecule has 2 aromatic rings. The Morgan fingerprint density at radius 3 is 2.70 bits per heavy atom. The highest BCUT2D eigenvalue weighted by atomic mass is 35.5. The lowest BCUT2D eigenvalue weighted by atomic mass is 10.3. The van der Waals surface area contributed by atoms with E-state index in [-0.39, 0.29) is 21.3 Å². The molecule has 102 valence electrons. The summed E-state index contributed by atoms with van der Waals surface area (Å²) in [7, 11) is -4.16. The molecule has 20 heavy (non-hydrogen) atoms. The monoisotopic (exact) mass is 311 g/mol. The molecule has 0 saturated heterocycles. The molecule has 0 fully saturated rings. The summed E-state index contributed by atoms with van der Waals surface area (Å²) < 4.78 is 39.9. The van der Waals surface area contributed by atoms with Crippen LogP contribution in [0, 0.1) is 17.1 Å². The Morgan fingerprint density at radius 2 is 2.05 bits per heavy atom. The molecule has 0 unspecified atom stereocenters. The largest absolute Gasteiger partial charge is 0.275 e. The van der Waals surface area contributed by atoms with Crippen LogP contribution in [0.4, 0.5) is 10.1 Å². The first-order valence-electron chi connectivity index (χ1n) is 5.27. The number of halogens is 2. The second kappa shape index (κ2) is 5.45. The molecule has 5 nitrogen and oxygen atoms in total. The van der Waals surface area contributed by atoms with Gasteiger partial charge in [0, 0.05) is 6.20 Å². The van der Waals surface area contributed by atoms with E-state index >= 15 is 0 Å². The van der Waals surface area contributed by atoms with Crippen molar-refractivity contribution in [3.63, 3.8) is 0 Å². The van der Waals surface area contributed by atoms with Crippen LogP contribution in [0.25, 0.3) is 0 Å². The van der Waals surface area contributed by atoms with Gasteiger partial charge in [-0.15, -0.1) is 0 Å². The topological polar surface area (TPSA) is 82.8 Å². The molecule has 1 N–H and O–H groups in total.